The van der Waals surface area contributed by atoms with Gasteiger partial charge in [-0.2, -0.15) is 0 Å². The molecule has 3 aromatic rings. The second-order valence-corrected chi connectivity index (χ2v) is 12.9. The van der Waals surface area contributed by atoms with Crippen molar-refractivity contribution in [2.24, 2.45) is 5.92 Å². The van der Waals surface area contributed by atoms with Gasteiger partial charge in [0.15, 0.2) is 0 Å². The van der Waals surface area contributed by atoms with Crippen molar-refractivity contribution in [1.29, 1.82) is 0 Å². The lowest BCUT2D eigenvalue weighted by molar-refractivity contribution is -0.160. The lowest BCUT2D eigenvalue weighted by atomic mass is 9.94. The van der Waals surface area contributed by atoms with Crippen molar-refractivity contribution >= 4 is 41.4 Å². The number of nitrogens with zero attached hydrogens (tertiary/aromatic N) is 2. The van der Waals surface area contributed by atoms with Crippen LogP contribution in [-0.4, -0.2) is 70.1 Å². The molecule has 11 heteroatoms. The molecule has 0 aliphatic carbocycles. The maximum atomic E-state index is 14.4. The van der Waals surface area contributed by atoms with Crippen molar-refractivity contribution in [2.75, 3.05) is 12.3 Å². The number of carbonyl (C=O) groups excluding carboxylic acids is 5. The summed E-state index contributed by atoms with van der Waals surface area (Å²) < 4.78 is 10.7. The minimum atomic E-state index is -1.36. The van der Waals surface area contributed by atoms with Gasteiger partial charge < -0.3 is 19.7 Å². The molecule has 2 aliphatic heterocycles. The Morgan fingerprint density at radius 2 is 1.49 bits per heavy atom. The normalized spacial score (nSPS) is 19.7. The van der Waals surface area contributed by atoms with Crippen molar-refractivity contribution in [1.82, 2.24) is 15.1 Å². The first kappa shape index (κ1) is 33.7. The van der Waals surface area contributed by atoms with Crippen LogP contribution in [0, 0.1) is 5.92 Å². The fourth-order valence-electron chi connectivity index (χ4n) is 5.81. The van der Waals surface area contributed by atoms with Gasteiger partial charge in [0.25, 0.3) is 5.78 Å². The van der Waals surface area contributed by atoms with E-state index < -0.39 is 53.4 Å². The number of carbonyl (C=O) groups is 5. The number of benzene rings is 3. The van der Waals surface area contributed by atoms with Gasteiger partial charge in [-0.25, -0.2) is 9.59 Å². The van der Waals surface area contributed by atoms with Crippen molar-refractivity contribution < 1.29 is 33.4 Å². The number of ketones is 1. The number of ether oxygens (including phenoxy) is 2. The Labute approximate surface area is 278 Å². The van der Waals surface area contributed by atoms with Crippen LogP contribution in [0.25, 0.3) is 0 Å². The molecule has 246 valence electrons. The number of amides is 3. The number of Topliss-reactive ketones (excluding diaryl/α,β-unsaturated/α-hetero) is 1. The monoisotopic (exact) mass is 657 g/mol. The lowest BCUT2D eigenvalue weighted by Gasteiger charge is -2.35. The molecule has 3 aromatic carbocycles. The number of nitrogens with one attached hydrogen (secondary N) is 1. The summed E-state index contributed by atoms with van der Waals surface area (Å²) in [5.74, 6) is -4.06. The van der Waals surface area contributed by atoms with Crippen LogP contribution >= 0.6 is 11.8 Å². The summed E-state index contributed by atoms with van der Waals surface area (Å²) in [4.78, 5) is 70.6. The van der Waals surface area contributed by atoms with Crippen LogP contribution in [0.4, 0.5) is 4.79 Å². The summed E-state index contributed by atoms with van der Waals surface area (Å²) in [6.45, 7) is 3.70. The molecule has 2 aliphatic rings. The zero-order valence-corrected chi connectivity index (χ0v) is 27.3. The van der Waals surface area contributed by atoms with Gasteiger partial charge in [-0.15, -0.1) is 11.8 Å². The highest BCUT2D eigenvalue weighted by Crippen LogP contribution is 2.42. The number of thioether (sulfide) groups is 1. The van der Waals surface area contributed by atoms with Crippen LogP contribution in [0.1, 0.15) is 48.8 Å². The topological polar surface area (TPSA) is 122 Å². The van der Waals surface area contributed by atoms with E-state index in [0.717, 1.165) is 11.1 Å². The zero-order chi connectivity index (χ0) is 33.3. The molecule has 0 spiro atoms. The van der Waals surface area contributed by atoms with E-state index in [1.165, 1.54) is 16.7 Å². The van der Waals surface area contributed by atoms with Gasteiger partial charge in [0.2, 0.25) is 11.8 Å². The van der Waals surface area contributed by atoms with Gasteiger partial charge in [0, 0.05) is 12.3 Å². The molecular weight excluding hydrogens is 618 g/mol. The molecule has 2 fully saturated rings. The molecule has 5 rings (SSSR count). The Bertz CT molecular complexity index is 1550. The standard InChI is InChI=1S/C36H39N3O7S/c1-24(2)46-35(43)31(40)28(21-25-13-6-3-7-14-25)32(41)37-30-23-47-34(27-17-10-5-11-18-27)39(30)33(42)29-19-12-20-38(29)36(44)45-22-26-15-8-4-9-16-26/h3-11,13-18,24,28-30,34H,12,19-23H2,1-2H3,(H,37,41)/t28-,29-,30+,34+/m0/s1. The summed E-state index contributed by atoms with van der Waals surface area (Å²) in [6, 6.07) is 26.9. The maximum Gasteiger partial charge on any atom is 0.410 e. The Kier molecular flexibility index (Phi) is 11.3. The third-order valence-corrected chi connectivity index (χ3v) is 9.41. The number of hydrogen-bond donors (Lipinski definition) is 1. The molecule has 1 N–H and O–H groups in total. The fourth-order valence-corrected chi connectivity index (χ4v) is 7.18. The number of likely N-dealkylation sites (tertiary alicyclic amines) is 1. The summed E-state index contributed by atoms with van der Waals surface area (Å²) >= 11 is 1.48. The van der Waals surface area contributed by atoms with Gasteiger partial charge in [0.05, 0.1) is 6.10 Å². The van der Waals surface area contributed by atoms with E-state index in [2.05, 4.69) is 5.32 Å². The third kappa shape index (κ3) is 8.40. The first-order valence-corrected chi connectivity index (χ1v) is 16.8. The van der Waals surface area contributed by atoms with Crippen LogP contribution in [0.3, 0.4) is 0 Å². The van der Waals surface area contributed by atoms with E-state index in [0.29, 0.717) is 30.7 Å². The molecule has 0 bridgehead atoms. The summed E-state index contributed by atoms with van der Waals surface area (Å²) in [5.41, 5.74) is 2.39. The maximum absolute atomic E-state index is 14.4. The zero-order valence-electron chi connectivity index (χ0n) is 26.5. The Morgan fingerprint density at radius 3 is 2.13 bits per heavy atom. The van der Waals surface area contributed by atoms with Gasteiger partial charge in [0.1, 0.15) is 30.1 Å². The van der Waals surface area contributed by atoms with Gasteiger partial charge >= 0.3 is 12.1 Å². The lowest BCUT2D eigenvalue weighted by Crippen LogP contribution is -2.56. The molecule has 2 heterocycles. The quantitative estimate of drug-likeness (QED) is 0.176. The first-order valence-electron chi connectivity index (χ1n) is 15.8. The highest BCUT2D eigenvalue weighted by molar-refractivity contribution is 7.99. The van der Waals surface area contributed by atoms with Crippen LogP contribution in [-0.2, 0) is 41.7 Å². The molecule has 0 radical (unpaired) electrons. The van der Waals surface area contributed by atoms with Gasteiger partial charge in [-0.1, -0.05) is 91.0 Å². The largest absolute Gasteiger partial charge is 0.457 e. The number of rotatable bonds is 11. The molecule has 0 unspecified atom stereocenters. The second-order valence-electron chi connectivity index (χ2n) is 11.8. The summed E-state index contributed by atoms with van der Waals surface area (Å²) in [5, 5.41) is 2.46. The second kappa shape index (κ2) is 15.8. The molecule has 0 aromatic heterocycles. The van der Waals surface area contributed by atoms with Crippen molar-refractivity contribution in [3.05, 3.63) is 108 Å². The SMILES string of the molecule is CC(C)OC(=O)C(=O)[C@H](Cc1ccccc1)C(=O)N[C@H]1CS[C@H](c2ccccc2)N1C(=O)[C@@H]1CCCN1C(=O)OCc1ccccc1. The minimum absolute atomic E-state index is 0.0156. The molecule has 3 amide bonds. The Morgan fingerprint density at radius 1 is 0.872 bits per heavy atom. The van der Waals surface area contributed by atoms with E-state index >= 15 is 0 Å². The average molecular weight is 658 g/mol. The Hall–Kier alpha value is -4.64. The van der Waals surface area contributed by atoms with Crippen molar-refractivity contribution in [2.45, 2.75) is 63.4 Å². The molecule has 10 nitrogen and oxygen atoms in total. The molecule has 0 saturated carbocycles. The Balaban J connectivity index is 1.38. The van der Waals surface area contributed by atoms with Crippen LogP contribution in [0.15, 0.2) is 91.0 Å². The first-order chi connectivity index (χ1) is 22.7. The summed E-state index contributed by atoms with van der Waals surface area (Å²) in [6.07, 6.45) is -0.870. The van der Waals surface area contributed by atoms with Crippen molar-refractivity contribution in [3.8, 4) is 0 Å². The molecule has 2 saturated heterocycles. The smallest absolute Gasteiger partial charge is 0.410 e. The third-order valence-electron chi connectivity index (χ3n) is 8.09. The van der Waals surface area contributed by atoms with Crippen LogP contribution in [0.2, 0.25) is 0 Å². The predicted octanol–water partition coefficient (Wildman–Crippen LogP) is 4.88. The van der Waals surface area contributed by atoms with Crippen LogP contribution in [0.5, 0.6) is 0 Å². The fraction of sp³-hybridized carbons (Fsp3) is 0.361. The number of hydrogen-bond acceptors (Lipinski definition) is 8. The highest BCUT2D eigenvalue weighted by atomic mass is 32.2. The predicted molar refractivity (Wildman–Crippen MR) is 177 cm³/mol. The van der Waals surface area contributed by atoms with Crippen molar-refractivity contribution in [3.63, 3.8) is 0 Å². The molecule has 4 atom stereocenters. The summed E-state index contributed by atoms with van der Waals surface area (Å²) in [7, 11) is 0. The molecular formula is C36H39N3O7S. The average Bonchev–Trinajstić information content (AvgIpc) is 3.75. The highest BCUT2D eigenvalue weighted by Gasteiger charge is 2.46. The van der Waals surface area contributed by atoms with E-state index in [-0.39, 0.29) is 18.9 Å². The van der Waals surface area contributed by atoms with Gasteiger partial charge in [-0.05, 0) is 49.8 Å². The number of esters is 1. The van der Waals surface area contributed by atoms with E-state index in [9.17, 15) is 24.0 Å². The minimum Gasteiger partial charge on any atom is -0.457 e. The van der Waals surface area contributed by atoms with Crippen LogP contribution < -0.4 is 5.32 Å². The van der Waals surface area contributed by atoms with E-state index in [1.54, 1.807) is 43.0 Å². The van der Waals surface area contributed by atoms with Gasteiger partial charge in [-0.3, -0.25) is 19.3 Å². The van der Waals surface area contributed by atoms with E-state index in [4.69, 9.17) is 9.47 Å². The molecule has 47 heavy (non-hydrogen) atoms. The van der Waals surface area contributed by atoms with E-state index in [1.807, 2.05) is 66.7 Å².